The average molecular weight is 433 g/mol. The summed E-state index contributed by atoms with van der Waals surface area (Å²) >= 11 is 1.71. The Hall–Kier alpha value is -1.09. The number of aromatic nitrogens is 2. The van der Waals surface area contributed by atoms with Gasteiger partial charge in [0.2, 0.25) is 0 Å². The van der Waals surface area contributed by atoms with Crippen molar-refractivity contribution in [3.8, 4) is 0 Å². The Labute approximate surface area is 153 Å². The van der Waals surface area contributed by atoms with Crippen molar-refractivity contribution in [1.82, 2.24) is 20.4 Å². The van der Waals surface area contributed by atoms with Crippen molar-refractivity contribution < 1.29 is 0 Å². The number of thiophene rings is 1. The van der Waals surface area contributed by atoms with Crippen LogP contribution in [0.2, 0.25) is 0 Å². The van der Waals surface area contributed by atoms with Gasteiger partial charge in [-0.05, 0) is 47.7 Å². The summed E-state index contributed by atoms with van der Waals surface area (Å²) in [5, 5.41) is 15.0. The van der Waals surface area contributed by atoms with Crippen LogP contribution in [0.4, 0.5) is 0 Å². The molecule has 122 valence electrons. The first-order chi connectivity index (χ1) is 10.3. The minimum atomic E-state index is 0. The van der Waals surface area contributed by atoms with Gasteiger partial charge in [0, 0.05) is 26.3 Å². The lowest BCUT2D eigenvalue weighted by molar-refractivity contribution is 0.741. The van der Waals surface area contributed by atoms with E-state index in [4.69, 9.17) is 0 Å². The molecule has 0 amide bonds. The van der Waals surface area contributed by atoms with Crippen LogP contribution < -0.4 is 10.6 Å². The SMILES string of the molecule is CCNC(=NCc1ccsc1)NCCCc1cnn(C)c1.I. The van der Waals surface area contributed by atoms with Gasteiger partial charge in [-0.25, -0.2) is 4.99 Å². The van der Waals surface area contributed by atoms with E-state index in [1.807, 2.05) is 17.9 Å². The zero-order valence-electron chi connectivity index (χ0n) is 13.1. The lowest BCUT2D eigenvalue weighted by Crippen LogP contribution is -2.37. The molecule has 0 aliphatic carbocycles. The molecule has 5 nitrogen and oxygen atoms in total. The van der Waals surface area contributed by atoms with Gasteiger partial charge < -0.3 is 10.6 Å². The summed E-state index contributed by atoms with van der Waals surface area (Å²) in [6.45, 7) is 4.58. The summed E-state index contributed by atoms with van der Waals surface area (Å²) in [5.41, 5.74) is 2.53. The highest BCUT2D eigenvalue weighted by atomic mass is 127. The van der Waals surface area contributed by atoms with Crippen LogP contribution >= 0.6 is 35.3 Å². The minimum Gasteiger partial charge on any atom is -0.357 e. The van der Waals surface area contributed by atoms with Gasteiger partial charge in [-0.15, -0.1) is 24.0 Å². The van der Waals surface area contributed by atoms with Crippen molar-refractivity contribution in [2.75, 3.05) is 13.1 Å². The van der Waals surface area contributed by atoms with Crippen LogP contribution in [0.5, 0.6) is 0 Å². The van der Waals surface area contributed by atoms with E-state index in [-0.39, 0.29) is 24.0 Å². The van der Waals surface area contributed by atoms with E-state index in [9.17, 15) is 0 Å². The Kier molecular flexibility index (Phi) is 9.14. The second kappa shape index (κ2) is 10.6. The number of aliphatic imine (C=N–C) groups is 1. The predicted octanol–water partition coefficient (Wildman–Crippen LogP) is 2.79. The maximum Gasteiger partial charge on any atom is 0.191 e. The molecule has 22 heavy (non-hydrogen) atoms. The summed E-state index contributed by atoms with van der Waals surface area (Å²) < 4.78 is 1.84. The Morgan fingerprint density at radius 3 is 2.86 bits per heavy atom. The van der Waals surface area contributed by atoms with Gasteiger partial charge in [0.25, 0.3) is 0 Å². The Morgan fingerprint density at radius 1 is 1.36 bits per heavy atom. The van der Waals surface area contributed by atoms with Crippen molar-refractivity contribution >= 4 is 41.3 Å². The molecule has 2 N–H and O–H groups in total. The topological polar surface area (TPSA) is 54.2 Å². The molecule has 0 saturated heterocycles. The molecule has 0 aromatic carbocycles. The standard InChI is InChI=1S/C15H23N5S.HI/c1-3-16-15(18-9-14-6-8-21-12-14)17-7-4-5-13-10-19-20(2)11-13;/h6,8,10-12H,3-5,7,9H2,1-2H3,(H2,16,17,18);1H. The summed E-state index contributed by atoms with van der Waals surface area (Å²) in [7, 11) is 1.95. The van der Waals surface area contributed by atoms with Crippen molar-refractivity contribution in [3.63, 3.8) is 0 Å². The Bertz CT molecular complexity index is 550. The molecule has 2 rings (SSSR count). The fraction of sp³-hybridized carbons (Fsp3) is 0.467. The molecule has 0 spiro atoms. The minimum absolute atomic E-state index is 0. The molecule has 0 bridgehead atoms. The molecule has 0 saturated carbocycles. The predicted molar refractivity (Wildman–Crippen MR) is 104 cm³/mol. The maximum absolute atomic E-state index is 4.59. The molecule has 2 aromatic heterocycles. The zero-order chi connectivity index (χ0) is 14.9. The maximum atomic E-state index is 4.59. The summed E-state index contributed by atoms with van der Waals surface area (Å²) in [4.78, 5) is 4.59. The first-order valence-corrected chi connectivity index (χ1v) is 8.23. The van der Waals surface area contributed by atoms with Gasteiger partial charge in [0.15, 0.2) is 5.96 Å². The molecule has 7 heteroatoms. The highest BCUT2D eigenvalue weighted by Crippen LogP contribution is 2.06. The van der Waals surface area contributed by atoms with Gasteiger partial charge in [0.05, 0.1) is 12.7 Å². The average Bonchev–Trinajstić information content (AvgIpc) is 3.12. The molecule has 0 aliphatic heterocycles. The van der Waals surface area contributed by atoms with Gasteiger partial charge >= 0.3 is 0 Å². The number of guanidine groups is 1. The third-order valence-corrected chi connectivity index (χ3v) is 3.77. The fourth-order valence-electron chi connectivity index (χ4n) is 1.99. The summed E-state index contributed by atoms with van der Waals surface area (Å²) in [6.07, 6.45) is 6.09. The molecule has 2 heterocycles. The Balaban J connectivity index is 0.00000242. The molecule has 2 aromatic rings. The molecule has 0 radical (unpaired) electrons. The number of nitrogens with one attached hydrogen (secondary N) is 2. The third-order valence-electron chi connectivity index (χ3n) is 3.04. The van der Waals surface area contributed by atoms with Crippen LogP contribution in [-0.2, 0) is 20.0 Å². The number of halogens is 1. The van der Waals surface area contributed by atoms with Gasteiger partial charge in [-0.2, -0.15) is 16.4 Å². The molecular formula is C15H24IN5S. The summed E-state index contributed by atoms with van der Waals surface area (Å²) in [6, 6.07) is 2.11. The van der Waals surface area contributed by atoms with Crippen LogP contribution in [0.1, 0.15) is 24.5 Å². The molecule has 0 atom stereocenters. The van der Waals surface area contributed by atoms with Gasteiger partial charge in [0.1, 0.15) is 0 Å². The molecule has 0 aliphatic rings. The van der Waals surface area contributed by atoms with Crippen LogP contribution in [-0.4, -0.2) is 28.8 Å². The van der Waals surface area contributed by atoms with E-state index in [1.54, 1.807) is 11.3 Å². The molecule has 0 fully saturated rings. The number of rotatable bonds is 7. The number of aryl methyl sites for hydroxylation is 2. The van der Waals surface area contributed by atoms with Crippen LogP contribution in [0.3, 0.4) is 0 Å². The van der Waals surface area contributed by atoms with Crippen molar-refractivity contribution in [2.24, 2.45) is 12.0 Å². The normalized spacial score (nSPS) is 11.1. The first kappa shape index (κ1) is 19.0. The van der Waals surface area contributed by atoms with E-state index in [0.717, 1.165) is 38.4 Å². The van der Waals surface area contributed by atoms with Crippen LogP contribution in [0.15, 0.2) is 34.2 Å². The lowest BCUT2D eigenvalue weighted by atomic mass is 10.2. The van der Waals surface area contributed by atoms with E-state index in [0.29, 0.717) is 0 Å². The van der Waals surface area contributed by atoms with Gasteiger partial charge in [-0.3, -0.25) is 4.68 Å². The monoisotopic (exact) mass is 433 g/mol. The Morgan fingerprint density at radius 2 is 2.23 bits per heavy atom. The highest BCUT2D eigenvalue weighted by molar-refractivity contribution is 14.0. The van der Waals surface area contributed by atoms with E-state index in [2.05, 4.69) is 50.7 Å². The first-order valence-electron chi connectivity index (χ1n) is 7.28. The zero-order valence-corrected chi connectivity index (χ0v) is 16.2. The molecular weight excluding hydrogens is 409 g/mol. The van der Waals surface area contributed by atoms with Crippen LogP contribution in [0, 0.1) is 0 Å². The number of hydrogen-bond donors (Lipinski definition) is 2. The smallest absolute Gasteiger partial charge is 0.191 e. The van der Waals surface area contributed by atoms with Gasteiger partial charge in [-0.1, -0.05) is 0 Å². The van der Waals surface area contributed by atoms with Crippen LogP contribution in [0.25, 0.3) is 0 Å². The largest absolute Gasteiger partial charge is 0.357 e. The lowest BCUT2D eigenvalue weighted by Gasteiger charge is -2.10. The molecule has 0 unspecified atom stereocenters. The number of hydrogen-bond acceptors (Lipinski definition) is 3. The second-order valence-corrected chi connectivity index (χ2v) is 5.66. The second-order valence-electron chi connectivity index (χ2n) is 4.88. The van der Waals surface area contributed by atoms with Crippen molar-refractivity contribution in [3.05, 3.63) is 40.3 Å². The quantitative estimate of drug-likeness (QED) is 0.306. The van der Waals surface area contributed by atoms with Crippen molar-refractivity contribution in [1.29, 1.82) is 0 Å². The highest BCUT2D eigenvalue weighted by Gasteiger charge is 1.99. The van der Waals surface area contributed by atoms with E-state index >= 15 is 0 Å². The fourth-order valence-corrected chi connectivity index (χ4v) is 2.65. The van der Waals surface area contributed by atoms with Crippen molar-refractivity contribution in [2.45, 2.75) is 26.3 Å². The van der Waals surface area contributed by atoms with E-state index in [1.165, 1.54) is 11.1 Å². The number of nitrogens with zero attached hydrogens (tertiary/aromatic N) is 3. The third kappa shape index (κ3) is 6.78. The summed E-state index contributed by atoms with van der Waals surface area (Å²) in [5.74, 6) is 0.884. The van der Waals surface area contributed by atoms with E-state index < -0.39 is 0 Å².